The van der Waals surface area contributed by atoms with Gasteiger partial charge in [-0.1, -0.05) is 35.0 Å². The molecule has 0 aliphatic carbocycles. The Morgan fingerprint density at radius 2 is 2.08 bits per heavy atom. The van der Waals surface area contributed by atoms with Crippen LogP contribution in [0.1, 0.15) is 18.1 Å². The van der Waals surface area contributed by atoms with E-state index in [4.69, 9.17) is 0 Å². The second-order valence-electron chi connectivity index (χ2n) is 3.41. The zero-order valence-corrected chi connectivity index (χ0v) is 9.98. The molecule has 0 aliphatic rings. The molecule has 1 aromatic carbocycles. The molecule has 0 aromatic heterocycles. The Labute approximate surface area is 88.7 Å². The Bertz CT molecular complexity index is 281. The van der Waals surface area contributed by atoms with Gasteiger partial charge in [-0.05, 0) is 31.0 Å². The number of aryl methyl sites for hydroxylation is 1. The van der Waals surface area contributed by atoms with Crippen LogP contribution in [0, 0.1) is 13.8 Å². The molecule has 0 fully saturated rings. The van der Waals surface area contributed by atoms with Crippen molar-refractivity contribution in [3.63, 3.8) is 0 Å². The lowest BCUT2D eigenvalue weighted by Crippen LogP contribution is -2.11. The lowest BCUT2D eigenvalue weighted by Gasteiger charge is -2.12. The normalized spacial score (nSPS) is 12.6. The highest BCUT2D eigenvalue weighted by Gasteiger charge is 2.00. The Morgan fingerprint density at radius 3 is 2.69 bits per heavy atom. The number of nitrogens with one attached hydrogen (secondary N) is 1. The lowest BCUT2D eigenvalue weighted by atomic mass is 10.1. The largest absolute Gasteiger partial charge is 0.384 e. The molecule has 0 heterocycles. The van der Waals surface area contributed by atoms with E-state index < -0.39 is 0 Å². The van der Waals surface area contributed by atoms with Gasteiger partial charge in [0, 0.05) is 17.1 Å². The molecule has 2 heteroatoms. The third-order valence-electron chi connectivity index (χ3n) is 2.18. The van der Waals surface area contributed by atoms with Crippen molar-refractivity contribution in [1.29, 1.82) is 0 Å². The first-order chi connectivity index (χ1) is 6.11. The number of rotatable bonds is 3. The predicted octanol–water partition coefficient (Wildman–Crippen LogP) is 3.50. The van der Waals surface area contributed by atoms with Crippen molar-refractivity contribution in [3.05, 3.63) is 29.3 Å². The maximum atomic E-state index is 3.51. The molecule has 1 unspecified atom stereocenters. The fourth-order valence-corrected chi connectivity index (χ4v) is 1.36. The topological polar surface area (TPSA) is 12.0 Å². The number of benzene rings is 1. The smallest absolute Gasteiger partial charge is 0.0372 e. The van der Waals surface area contributed by atoms with Crippen molar-refractivity contribution in [2.75, 3.05) is 11.9 Å². The first kappa shape index (κ1) is 10.6. The van der Waals surface area contributed by atoms with E-state index in [0.717, 1.165) is 6.54 Å². The fourth-order valence-electron chi connectivity index (χ4n) is 1.19. The van der Waals surface area contributed by atoms with Gasteiger partial charge in [-0.25, -0.2) is 0 Å². The summed E-state index contributed by atoms with van der Waals surface area (Å²) < 4.78 is 0. The van der Waals surface area contributed by atoms with Crippen molar-refractivity contribution in [3.8, 4) is 0 Å². The van der Waals surface area contributed by atoms with Gasteiger partial charge in [0.15, 0.2) is 0 Å². The quantitative estimate of drug-likeness (QED) is 0.800. The molecular formula is C11H16BrN. The van der Waals surface area contributed by atoms with Crippen molar-refractivity contribution >= 4 is 21.6 Å². The summed E-state index contributed by atoms with van der Waals surface area (Å²) in [7, 11) is 0. The van der Waals surface area contributed by atoms with Crippen LogP contribution in [0.5, 0.6) is 0 Å². The van der Waals surface area contributed by atoms with Gasteiger partial charge in [0.1, 0.15) is 0 Å². The van der Waals surface area contributed by atoms with Crippen LogP contribution in [0.25, 0.3) is 0 Å². The number of hydrogen-bond acceptors (Lipinski definition) is 1. The van der Waals surface area contributed by atoms with Crippen LogP contribution in [-0.4, -0.2) is 11.4 Å². The van der Waals surface area contributed by atoms with Gasteiger partial charge in [0.25, 0.3) is 0 Å². The van der Waals surface area contributed by atoms with E-state index in [1.807, 2.05) is 0 Å². The fraction of sp³-hybridized carbons (Fsp3) is 0.455. The second-order valence-corrected chi connectivity index (χ2v) is 4.97. The number of hydrogen-bond donors (Lipinski definition) is 1. The molecule has 0 saturated carbocycles. The summed E-state index contributed by atoms with van der Waals surface area (Å²) in [5.41, 5.74) is 3.93. The molecule has 0 aliphatic heterocycles. The molecule has 0 amide bonds. The molecular weight excluding hydrogens is 226 g/mol. The summed E-state index contributed by atoms with van der Waals surface area (Å²) in [6.45, 7) is 7.39. The monoisotopic (exact) mass is 241 g/mol. The average Bonchev–Trinajstić information content (AvgIpc) is 2.07. The van der Waals surface area contributed by atoms with E-state index >= 15 is 0 Å². The molecule has 1 atom stereocenters. The summed E-state index contributed by atoms with van der Waals surface area (Å²) in [5, 5.41) is 3.41. The van der Waals surface area contributed by atoms with Gasteiger partial charge < -0.3 is 5.32 Å². The number of anilines is 1. The highest BCUT2D eigenvalue weighted by atomic mass is 79.9. The predicted molar refractivity (Wildman–Crippen MR) is 62.8 cm³/mol. The van der Waals surface area contributed by atoms with Gasteiger partial charge in [0.05, 0.1) is 0 Å². The first-order valence-corrected chi connectivity index (χ1v) is 5.47. The first-order valence-electron chi connectivity index (χ1n) is 4.55. The van der Waals surface area contributed by atoms with Crippen LogP contribution in [0.2, 0.25) is 0 Å². The minimum absolute atomic E-state index is 0.507. The molecule has 1 aromatic rings. The Kier molecular flexibility index (Phi) is 3.79. The standard InChI is InChI=1S/C11H16BrN/c1-8-5-4-6-11(10(8)3)13-7-9(2)12/h4-6,9,13H,7H2,1-3H3. The maximum Gasteiger partial charge on any atom is 0.0372 e. The highest BCUT2D eigenvalue weighted by Crippen LogP contribution is 2.18. The van der Waals surface area contributed by atoms with Crippen molar-refractivity contribution in [2.45, 2.75) is 25.6 Å². The van der Waals surface area contributed by atoms with E-state index in [1.165, 1.54) is 16.8 Å². The molecule has 1 N–H and O–H groups in total. The Hall–Kier alpha value is -0.500. The molecule has 0 radical (unpaired) electrons. The van der Waals surface area contributed by atoms with Crippen LogP contribution in [0.4, 0.5) is 5.69 Å². The molecule has 72 valence electrons. The third-order valence-corrected chi connectivity index (χ3v) is 2.50. The minimum atomic E-state index is 0.507. The Morgan fingerprint density at radius 1 is 1.38 bits per heavy atom. The highest BCUT2D eigenvalue weighted by molar-refractivity contribution is 9.09. The van der Waals surface area contributed by atoms with Crippen molar-refractivity contribution in [2.24, 2.45) is 0 Å². The minimum Gasteiger partial charge on any atom is -0.384 e. The zero-order valence-electron chi connectivity index (χ0n) is 8.39. The SMILES string of the molecule is Cc1cccc(NCC(C)Br)c1C. The molecule has 0 spiro atoms. The molecule has 0 saturated heterocycles. The maximum absolute atomic E-state index is 3.51. The lowest BCUT2D eigenvalue weighted by molar-refractivity contribution is 1.01. The molecule has 1 rings (SSSR count). The molecule has 0 bridgehead atoms. The van der Waals surface area contributed by atoms with Gasteiger partial charge >= 0.3 is 0 Å². The second kappa shape index (κ2) is 4.66. The van der Waals surface area contributed by atoms with E-state index in [2.05, 4.69) is 60.2 Å². The van der Waals surface area contributed by atoms with Crippen LogP contribution in [0.15, 0.2) is 18.2 Å². The van der Waals surface area contributed by atoms with Gasteiger partial charge in [-0.3, -0.25) is 0 Å². The summed E-state index contributed by atoms with van der Waals surface area (Å²) in [4.78, 5) is 0.507. The van der Waals surface area contributed by atoms with Gasteiger partial charge in [-0.15, -0.1) is 0 Å². The molecule has 13 heavy (non-hydrogen) atoms. The van der Waals surface area contributed by atoms with Gasteiger partial charge in [-0.2, -0.15) is 0 Å². The average molecular weight is 242 g/mol. The van der Waals surface area contributed by atoms with Crippen LogP contribution < -0.4 is 5.32 Å². The van der Waals surface area contributed by atoms with Crippen LogP contribution in [-0.2, 0) is 0 Å². The molecule has 1 nitrogen and oxygen atoms in total. The summed E-state index contributed by atoms with van der Waals surface area (Å²) in [6, 6.07) is 6.35. The third kappa shape index (κ3) is 3.03. The van der Waals surface area contributed by atoms with Gasteiger partial charge in [0.2, 0.25) is 0 Å². The number of alkyl halides is 1. The summed E-state index contributed by atoms with van der Waals surface area (Å²) in [6.07, 6.45) is 0. The van der Waals surface area contributed by atoms with E-state index in [9.17, 15) is 0 Å². The van der Waals surface area contributed by atoms with Crippen LogP contribution >= 0.6 is 15.9 Å². The van der Waals surface area contributed by atoms with Crippen LogP contribution in [0.3, 0.4) is 0 Å². The van der Waals surface area contributed by atoms with E-state index in [-0.39, 0.29) is 0 Å². The summed E-state index contributed by atoms with van der Waals surface area (Å²) >= 11 is 3.51. The zero-order chi connectivity index (χ0) is 9.84. The van der Waals surface area contributed by atoms with E-state index in [0.29, 0.717) is 4.83 Å². The Balaban J connectivity index is 2.71. The number of halogens is 1. The van der Waals surface area contributed by atoms with E-state index in [1.54, 1.807) is 0 Å². The van der Waals surface area contributed by atoms with Crippen molar-refractivity contribution < 1.29 is 0 Å². The van der Waals surface area contributed by atoms with Crippen molar-refractivity contribution in [1.82, 2.24) is 0 Å². The summed E-state index contributed by atoms with van der Waals surface area (Å²) in [5.74, 6) is 0.